The highest BCUT2D eigenvalue weighted by Crippen LogP contribution is 2.31. The van der Waals surface area contributed by atoms with Crippen LogP contribution in [-0.2, 0) is 29.1 Å². The Labute approximate surface area is 132 Å². The summed E-state index contributed by atoms with van der Waals surface area (Å²) in [7, 11) is 0. The molecule has 0 N–H and O–H groups in total. The molecule has 1 rings (SSSR count). The van der Waals surface area contributed by atoms with Crippen molar-refractivity contribution in [2.45, 2.75) is 78.4 Å². The molecule has 0 bridgehead atoms. The SMILES string of the molecule is CC(C)(C)OOC(=O)C1CCC(C(=O)OOC(C)(C)C)CC1. The fourth-order valence-corrected chi connectivity index (χ4v) is 2.03. The third-order valence-corrected chi connectivity index (χ3v) is 3.14. The van der Waals surface area contributed by atoms with E-state index >= 15 is 0 Å². The first kappa shape index (κ1) is 18.9. The molecule has 0 saturated heterocycles. The summed E-state index contributed by atoms with van der Waals surface area (Å²) in [5, 5.41) is 0. The summed E-state index contributed by atoms with van der Waals surface area (Å²) in [4.78, 5) is 43.6. The van der Waals surface area contributed by atoms with Gasteiger partial charge in [-0.15, -0.1) is 0 Å². The van der Waals surface area contributed by atoms with E-state index < -0.39 is 11.2 Å². The van der Waals surface area contributed by atoms with Crippen LogP contribution in [0.15, 0.2) is 0 Å². The van der Waals surface area contributed by atoms with Crippen molar-refractivity contribution in [1.82, 2.24) is 0 Å². The van der Waals surface area contributed by atoms with Crippen LogP contribution in [-0.4, -0.2) is 23.1 Å². The highest BCUT2D eigenvalue weighted by molar-refractivity contribution is 5.74. The molecule has 0 aromatic heterocycles. The Bertz CT molecular complexity index is 344. The molecular formula is C16H28O6. The van der Waals surface area contributed by atoms with E-state index in [9.17, 15) is 9.59 Å². The molecule has 0 radical (unpaired) electrons. The van der Waals surface area contributed by atoms with Gasteiger partial charge < -0.3 is 0 Å². The van der Waals surface area contributed by atoms with Gasteiger partial charge in [-0.3, -0.25) is 9.78 Å². The van der Waals surface area contributed by atoms with E-state index in [1.54, 1.807) is 0 Å². The predicted octanol–water partition coefficient (Wildman–Crippen LogP) is 3.34. The lowest BCUT2D eigenvalue weighted by molar-refractivity contribution is -0.325. The molecule has 22 heavy (non-hydrogen) atoms. The third-order valence-electron chi connectivity index (χ3n) is 3.14. The van der Waals surface area contributed by atoms with Crippen molar-refractivity contribution in [3.05, 3.63) is 0 Å². The van der Waals surface area contributed by atoms with Gasteiger partial charge in [0.05, 0.1) is 11.8 Å². The number of carbonyl (C=O) groups excluding carboxylic acids is 2. The molecule has 1 aliphatic rings. The lowest BCUT2D eigenvalue weighted by Crippen LogP contribution is -2.31. The van der Waals surface area contributed by atoms with Crippen molar-refractivity contribution >= 4 is 11.9 Å². The molecule has 6 nitrogen and oxygen atoms in total. The minimum absolute atomic E-state index is 0.227. The predicted molar refractivity (Wildman–Crippen MR) is 79.3 cm³/mol. The second-order valence-electron chi connectivity index (χ2n) is 7.74. The first-order chi connectivity index (χ1) is 9.98. The zero-order chi connectivity index (χ0) is 17.0. The van der Waals surface area contributed by atoms with Gasteiger partial charge in [0.1, 0.15) is 11.2 Å². The number of carbonyl (C=O) groups is 2. The molecule has 0 spiro atoms. The van der Waals surface area contributed by atoms with Crippen LogP contribution in [0, 0.1) is 11.8 Å². The van der Waals surface area contributed by atoms with Crippen LogP contribution in [0.3, 0.4) is 0 Å². The highest BCUT2D eigenvalue weighted by atomic mass is 17.2. The molecule has 0 atom stereocenters. The molecular weight excluding hydrogens is 288 g/mol. The fourth-order valence-electron chi connectivity index (χ4n) is 2.03. The van der Waals surface area contributed by atoms with Crippen LogP contribution in [0.5, 0.6) is 0 Å². The van der Waals surface area contributed by atoms with E-state index in [1.165, 1.54) is 0 Å². The lowest BCUT2D eigenvalue weighted by Gasteiger charge is -2.27. The van der Waals surface area contributed by atoms with Crippen LogP contribution in [0.4, 0.5) is 0 Å². The topological polar surface area (TPSA) is 71.1 Å². The van der Waals surface area contributed by atoms with E-state index in [4.69, 9.17) is 19.6 Å². The standard InChI is InChI=1S/C16H28O6/c1-15(2,3)21-19-13(17)11-7-9-12(10-8-11)14(18)20-22-16(4,5)6/h11-12H,7-10H2,1-6H3. The van der Waals surface area contributed by atoms with Crippen molar-refractivity contribution in [3.8, 4) is 0 Å². The van der Waals surface area contributed by atoms with E-state index in [1.807, 2.05) is 41.5 Å². The Kier molecular flexibility index (Phi) is 6.38. The second kappa shape index (κ2) is 7.42. The van der Waals surface area contributed by atoms with Crippen molar-refractivity contribution in [2.75, 3.05) is 0 Å². The lowest BCUT2D eigenvalue weighted by atomic mass is 9.82. The zero-order valence-electron chi connectivity index (χ0n) is 14.4. The summed E-state index contributed by atoms with van der Waals surface area (Å²) in [5.74, 6) is -1.19. The Balaban J connectivity index is 2.33. The van der Waals surface area contributed by atoms with Crippen LogP contribution >= 0.6 is 0 Å². The maximum absolute atomic E-state index is 11.9. The largest absolute Gasteiger partial charge is 0.345 e. The van der Waals surface area contributed by atoms with Crippen LogP contribution in [0.1, 0.15) is 67.2 Å². The normalized spacial score (nSPS) is 23.0. The van der Waals surface area contributed by atoms with Gasteiger partial charge in [0.2, 0.25) is 0 Å². The summed E-state index contributed by atoms with van der Waals surface area (Å²) in [6, 6.07) is 0. The summed E-state index contributed by atoms with van der Waals surface area (Å²) >= 11 is 0. The molecule has 0 unspecified atom stereocenters. The first-order valence-corrected chi connectivity index (χ1v) is 7.77. The van der Waals surface area contributed by atoms with E-state index in [2.05, 4.69) is 0 Å². The number of hydrogen-bond donors (Lipinski definition) is 0. The summed E-state index contributed by atoms with van der Waals surface area (Å²) in [6.07, 6.45) is 2.34. The van der Waals surface area contributed by atoms with Crippen LogP contribution < -0.4 is 0 Å². The molecule has 0 heterocycles. The van der Waals surface area contributed by atoms with Crippen molar-refractivity contribution in [3.63, 3.8) is 0 Å². The molecule has 1 saturated carbocycles. The van der Waals surface area contributed by atoms with Gasteiger partial charge in [0, 0.05) is 0 Å². The van der Waals surface area contributed by atoms with E-state index in [0.717, 1.165) is 0 Å². The van der Waals surface area contributed by atoms with Gasteiger partial charge in [-0.2, -0.15) is 9.78 Å². The van der Waals surface area contributed by atoms with Crippen molar-refractivity contribution in [1.29, 1.82) is 0 Å². The maximum atomic E-state index is 11.9. The zero-order valence-corrected chi connectivity index (χ0v) is 14.4. The molecule has 0 aromatic rings. The average molecular weight is 316 g/mol. The molecule has 1 aliphatic carbocycles. The van der Waals surface area contributed by atoms with Gasteiger partial charge in [0.25, 0.3) is 0 Å². The molecule has 6 heteroatoms. The molecule has 1 fully saturated rings. The summed E-state index contributed by atoms with van der Waals surface area (Å²) in [6.45, 7) is 10.8. The van der Waals surface area contributed by atoms with Gasteiger partial charge in [-0.1, -0.05) is 0 Å². The van der Waals surface area contributed by atoms with E-state index in [-0.39, 0.29) is 23.8 Å². The Morgan fingerprint density at radius 1 is 0.682 bits per heavy atom. The number of hydrogen-bond acceptors (Lipinski definition) is 6. The Hall–Kier alpha value is -1.14. The average Bonchev–Trinajstić information content (AvgIpc) is 2.40. The Morgan fingerprint density at radius 2 is 0.955 bits per heavy atom. The summed E-state index contributed by atoms with van der Waals surface area (Å²) in [5.41, 5.74) is -1.05. The van der Waals surface area contributed by atoms with Crippen LogP contribution in [0.2, 0.25) is 0 Å². The second-order valence-corrected chi connectivity index (χ2v) is 7.74. The molecule has 128 valence electrons. The van der Waals surface area contributed by atoms with Crippen molar-refractivity contribution < 1.29 is 29.1 Å². The first-order valence-electron chi connectivity index (χ1n) is 7.77. The van der Waals surface area contributed by atoms with Crippen molar-refractivity contribution in [2.24, 2.45) is 11.8 Å². The summed E-state index contributed by atoms with van der Waals surface area (Å²) < 4.78 is 0. The minimum atomic E-state index is -0.527. The maximum Gasteiger partial charge on any atom is 0.345 e. The fraction of sp³-hybridized carbons (Fsp3) is 0.875. The Morgan fingerprint density at radius 3 is 1.18 bits per heavy atom. The molecule has 0 amide bonds. The monoisotopic (exact) mass is 316 g/mol. The minimum Gasteiger partial charge on any atom is -0.298 e. The van der Waals surface area contributed by atoms with Crippen LogP contribution in [0.25, 0.3) is 0 Å². The van der Waals surface area contributed by atoms with E-state index in [0.29, 0.717) is 25.7 Å². The smallest absolute Gasteiger partial charge is 0.298 e. The molecule has 0 aliphatic heterocycles. The third kappa shape index (κ3) is 7.22. The molecule has 0 aromatic carbocycles. The quantitative estimate of drug-likeness (QED) is 0.585. The van der Waals surface area contributed by atoms with Gasteiger partial charge in [-0.05, 0) is 67.2 Å². The van der Waals surface area contributed by atoms with Gasteiger partial charge >= 0.3 is 11.9 Å². The number of rotatable bonds is 4. The van der Waals surface area contributed by atoms with Gasteiger partial charge in [0.15, 0.2) is 0 Å². The highest BCUT2D eigenvalue weighted by Gasteiger charge is 2.33. The van der Waals surface area contributed by atoms with Gasteiger partial charge in [-0.25, -0.2) is 9.59 Å².